The van der Waals surface area contributed by atoms with Crippen LogP contribution in [0.3, 0.4) is 0 Å². The normalized spacial score (nSPS) is 34.6. The second-order valence-corrected chi connectivity index (χ2v) is 8.73. The van der Waals surface area contributed by atoms with E-state index in [4.69, 9.17) is 9.47 Å². The number of likely N-dealkylation sites (tertiary alicyclic amines) is 1. The molecular weight excluding hydrogens is 328 g/mol. The van der Waals surface area contributed by atoms with E-state index in [9.17, 15) is 4.79 Å². The number of piperidine rings is 1. The molecule has 1 aromatic rings. The molecule has 1 saturated heterocycles. The van der Waals surface area contributed by atoms with Gasteiger partial charge in [-0.15, -0.1) is 0 Å². The van der Waals surface area contributed by atoms with Crippen molar-refractivity contribution >= 4 is 5.78 Å². The number of ether oxygens (including phenoxy) is 2. The Balaban J connectivity index is 1.61. The molecule has 26 heavy (non-hydrogen) atoms. The summed E-state index contributed by atoms with van der Waals surface area (Å²) in [6.45, 7) is 2.53. The minimum absolute atomic E-state index is 0.115. The molecule has 5 rings (SSSR count). The van der Waals surface area contributed by atoms with E-state index < -0.39 is 0 Å². The maximum Gasteiger partial charge on any atom is 0.174 e. The first-order chi connectivity index (χ1) is 12.5. The molecule has 1 aromatic carbocycles. The van der Waals surface area contributed by atoms with Gasteiger partial charge in [-0.1, -0.05) is 6.07 Å². The highest BCUT2D eigenvalue weighted by Gasteiger charge is 2.65. The van der Waals surface area contributed by atoms with Crippen molar-refractivity contribution in [3.63, 3.8) is 0 Å². The summed E-state index contributed by atoms with van der Waals surface area (Å²) in [4.78, 5) is 17.4. The summed E-state index contributed by atoms with van der Waals surface area (Å²) in [5.41, 5.74) is 2.56. The number of Topliss-reactive ketones (excluding diaryl/α,β-unsaturated/α-hetero) is 1. The average molecular weight is 356 g/mol. The first-order valence-electron chi connectivity index (χ1n) is 9.86. The number of likely N-dealkylation sites (N-methyl/N-ethyl adjacent to an activating group) is 2. The fourth-order valence-electron chi connectivity index (χ4n) is 5.96. The van der Waals surface area contributed by atoms with Crippen molar-refractivity contribution in [1.29, 1.82) is 0 Å². The number of hydrogen-bond donors (Lipinski definition) is 0. The van der Waals surface area contributed by atoms with E-state index in [1.54, 1.807) is 0 Å². The van der Waals surface area contributed by atoms with Crippen LogP contribution in [0.2, 0.25) is 0 Å². The Kier molecular flexibility index (Phi) is 3.63. The van der Waals surface area contributed by atoms with E-state index in [-0.39, 0.29) is 17.3 Å². The lowest BCUT2D eigenvalue weighted by Gasteiger charge is -2.57. The highest BCUT2D eigenvalue weighted by molar-refractivity contribution is 5.89. The van der Waals surface area contributed by atoms with Crippen molar-refractivity contribution in [3.8, 4) is 11.5 Å². The van der Waals surface area contributed by atoms with Gasteiger partial charge in [-0.2, -0.15) is 0 Å². The van der Waals surface area contributed by atoms with E-state index in [0.717, 1.165) is 43.9 Å². The van der Waals surface area contributed by atoms with E-state index in [1.807, 2.05) is 14.1 Å². The third-order valence-corrected chi connectivity index (χ3v) is 7.17. The Morgan fingerprint density at radius 2 is 2.23 bits per heavy atom. The number of carbonyl (C=O) groups is 1. The molecule has 2 fully saturated rings. The second kappa shape index (κ2) is 5.70. The first-order valence-corrected chi connectivity index (χ1v) is 9.86. The molecule has 1 spiro atoms. The van der Waals surface area contributed by atoms with Crippen LogP contribution in [-0.4, -0.2) is 68.6 Å². The van der Waals surface area contributed by atoms with Crippen LogP contribution in [0, 0.1) is 5.92 Å². The summed E-state index contributed by atoms with van der Waals surface area (Å²) in [5.74, 6) is 2.50. The van der Waals surface area contributed by atoms with E-state index in [2.05, 4.69) is 29.0 Å². The third-order valence-electron chi connectivity index (χ3n) is 7.17. The molecule has 5 heteroatoms. The van der Waals surface area contributed by atoms with Gasteiger partial charge in [0, 0.05) is 30.0 Å². The van der Waals surface area contributed by atoms with Crippen LogP contribution < -0.4 is 9.47 Å². The van der Waals surface area contributed by atoms with Crippen LogP contribution in [0.5, 0.6) is 11.5 Å². The van der Waals surface area contributed by atoms with Gasteiger partial charge in [-0.25, -0.2) is 0 Å². The van der Waals surface area contributed by atoms with Crippen molar-refractivity contribution < 1.29 is 14.3 Å². The summed E-state index contributed by atoms with van der Waals surface area (Å²) in [5, 5.41) is 0. The quantitative estimate of drug-likeness (QED) is 0.824. The molecule has 4 aliphatic rings. The summed E-state index contributed by atoms with van der Waals surface area (Å²) < 4.78 is 12.5. The van der Waals surface area contributed by atoms with Crippen LogP contribution in [0.15, 0.2) is 12.1 Å². The molecular formula is C21H28N2O3. The molecule has 0 amide bonds. The summed E-state index contributed by atoms with van der Waals surface area (Å²) in [6.07, 6.45) is 3.43. The van der Waals surface area contributed by atoms with Crippen LogP contribution >= 0.6 is 0 Å². The largest absolute Gasteiger partial charge is 0.488 e. The average Bonchev–Trinajstić information content (AvgIpc) is 2.96. The molecule has 0 radical (unpaired) electrons. The molecule has 2 heterocycles. The Bertz CT molecular complexity index is 762. The highest BCUT2D eigenvalue weighted by atomic mass is 16.5. The summed E-state index contributed by atoms with van der Waals surface area (Å²) >= 11 is 0. The number of carbonyl (C=O) groups excluding carboxylic acids is 1. The van der Waals surface area contributed by atoms with E-state index in [1.165, 1.54) is 11.1 Å². The summed E-state index contributed by atoms with van der Waals surface area (Å²) in [6, 6.07) is 4.80. The predicted molar refractivity (Wildman–Crippen MR) is 99.1 cm³/mol. The molecule has 0 aromatic heterocycles. The SMILES string of the molecule is CN(C)CCOc1ccc2c3c1O[C@H]1C(=O)CC[C@H]4[C@@H](C2)N(C)CC[C@]314. The van der Waals surface area contributed by atoms with Gasteiger partial charge in [0.2, 0.25) is 0 Å². The van der Waals surface area contributed by atoms with Crippen molar-refractivity contribution in [1.82, 2.24) is 9.80 Å². The van der Waals surface area contributed by atoms with Crippen molar-refractivity contribution in [2.24, 2.45) is 5.92 Å². The van der Waals surface area contributed by atoms with Gasteiger partial charge >= 0.3 is 0 Å². The molecule has 0 unspecified atom stereocenters. The molecule has 2 aliphatic carbocycles. The maximum absolute atomic E-state index is 12.8. The predicted octanol–water partition coefficient (Wildman–Crippen LogP) is 1.87. The van der Waals surface area contributed by atoms with Crippen LogP contribution in [0.25, 0.3) is 0 Å². The minimum Gasteiger partial charge on any atom is -0.488 e. The minimum atomic E-state index is -0.301. The molecule has 1 saturated carbocycles. The molecule has 2 aliphatic heterocycles. The van der Waals surface area contributed by atoms with E-state index in [0.29, 0.717) is 25.0 Å². The lowest BCUT2D eigenvalue weighted by molar-refractivity contribution is -0.138. The van der Waals surface area contributed by atoms with Crippen molar-refractivity contribution in [2.75, 3.05) is 40.8 Å². The van der Waals surface area contributed by atoms with Gasteiger partial charge in [0.1, 0.15) is 6.61 Å². The van der Waals surface area contributed by atoms with Crippen molar-refractivity contribution in [3.05, 3.63) is 23.3 Å². The van der Waals surface area contributed by atoms with Gasteiger partial charge in [-0.3, -0.25) is 4.79 Å². The van der Waals surface area contributed by atoms with Gasteiger partial charge in [0.25, 0.3) is 0 Å². The fraction of sp³-hybridized carbons (Fsp3) is 0.667. The zero-order valence-electron chi connectivity index (χ0n) is 16.0. The molecule has 5 nitrogen and oxygen atoms in total. The zero-order chi connectivity index (χ0) is 18.1. The molecule has 2 bridgehead atoms. The topological polar surface area (TPSA) is 42.0 Å². The smallest absolute Gasteiger partial charge is 0.174 e. The van der Waals surface area contributed by atoms with Gasteiger partial charge in [0.05, 0.1) is 0 Å². The Morgan fingerprint density at radius 3 is 3.04 bits per heavy atom. The summed E-state index contributed by atoms with van der Waals surface area (Å²) in [7, 11) is 6.33. The molecule has 0 N–H and O–H groups in total. The van der Waals surface area contributed by atoms with Gasteiger partial charge in [0.15, 0.2) is 23.4 Å². The molecule has 4 atom stereocenters. The Labute approximate surface area is 155 Å². The first kappa shape index (κ1) is 16.6. The molecule has 140 valence electrons. The zero-order valence-corrected chi connectivity index (χ0v) is 16.0. The highest BCUT2D eigenvalue weighted by Crippen LogP contribution is 2.63. The third kappa shape index (κ3) is 2.07. The Morgan fingerprint density at radius 1 is 1.38 bits per heavy atom. The standard InChI is InChI=1S/C21H28N2O3/c1-22(2)10-11-25-17-7-4-13-12-15-14-5-6-16(24)20-21(14,8-9-23(15)3)18(13)19(17)26-20/h4,7,14-15,20H,5-6,8-12H2,1-3H3/t14-,15+,20-,21-/m0/s1. The lowest BCUT2D eigenvalue weighted by atomic mass is 9.52. The van der Waals surface area contributed by atoms with Crippen LogP contribution in [0.4, 0.5) is 0 Å². The number of rotatable bonds is 4. The van der Waals surface area contributed by atoms with Crippen LogP contribution in [0.1, 0.15) is 30.4 Å². The fourth-order valence-corrected chi connectivity index (χ4v) is 5.96. The second-order valence-electron chi connectivity index (χ2n) is 8.73. The number of nitrogens with zero attached hydrogens (tertiary/aromatic N) is 2. The lowest BCUT2D eigenvalue weighted by Crippen LogP contribution is -2.65. The van der Waals surface area contributed by atoms with E-state index >= 15 is 0 Å². The number of ketones is 1. The van der Waals surface area contributed by atoms with Gasteiger partial charge in [-0.05, 0) is 64.5 Å². The monoisotopic (exact) mass is 356 g/mol. The van der Waals surface area contributed by atoms with Gasteiger partial charge < -0.3 is 19.3 Å². The number of hydrogen-bond acceptors (Lipinski definition) is 5. The van der Waals surface area contributed by atoms with Crippen molar-refractivity contribution in [2.45, 2.75) is 43.2 Å². The number of benzene rings is 1. The Hall–Kier alpha value is -1.59. The van der Waals surface area contributed by atoms with Crippen LogP contribution in [-0.2, 0) is 16.6 Å². The maximum atomic E-state index is 12.8.